The van der Waals surface area contributed by atoms with Crippen LogP contribution < -0.4 is 14.4 Å². The second kappa shape index (κ2) is 8.43. The summed E-state index contributed by atoms with van der Waals surface area (Å²) in [5, 5.41) is 20.1. The standard InChI is InChI=1S/C23H21N3O5S/c1-12-5-7-14(8-6-12)20(27)18-19(15-9-10-16(30-3)17(11-15)31-4)26(22(29)21(18)28)23-25-24-13(2)32-23/h5-11,19,27H,1-4H3. The van der Waals surface area contributed by atoms with Gasteiger partial charge in [0.15, 0.2) is 11.5 Å². The van der Waals surface area contributed by atoms with Gasteiger partial charge in [-0.25, -0.2) is 0 Å². The first-order valence-electron chi connectivity index (χ1n) is 9.75. The lowest BCUT2D eigenvalue weighted by Gasteiger charge is -2.23. The van der Waals surface area contributed by atoms with Gasteiger partial charge in [-0.15, -0.1) is 10.2 Å². The lowest BCUT2D eigenvalue weighted by Crippen LogP contribution is -2.29. The second-order valence-electron chi connectivity index (χ2n) is 7.25. The molecule has 1 amide bonds. The smallest absolute Gasteiger partial charge is 0.301 e. The minimum atomic E-state index is -0.913. The summed E-state index contributed by atoms with van der Waals surface area (Å²) in [6.07, 6.45) is 0. The Morgan fingerprint density at radius 3 is 2.28 bits per heavy atom. The molecular formula is C23H21N3O5S. The molecule has 1 aliphatic rings. The Kier molecular flexibility index (Phi) is 5.67. The molecule has 4 rings (SSSR count). The first-order chi connectivity index (χ1) is 15.3. The molecule has 3 aromatic rings. The van der Waals surface area contributed by atoms with E-state index >= 15 is 0 Å². The number of ether oxygens (including phenoxy) is 2. The van der Waals surface area contributed by atoms with Crippen LogP contribution in [-0.4, -0.2) is 41.2 Å². The van der Waals surface area contributed by atoms with Crippen molar-refractivity contribution in [3.05, 3.63) is 69.7 Å². The number of hydrogen-bond donors (Lipinski definition) is 1. The molecule has 2 heterocycles. The van der Waals surface area contributed by atoms with Gasteiger partial charge in [0.2, 0.25) is 5.13 Å². The Morgan fingerprint density at radius 1 is 1.00 bits per heavy atom. The fourth-order valence-electron chi connectivity index (χ4n) is 3.62. The van der Waals surface area contributed by atoms with Crippen molar-refractivity contribution in [1.82, 2.24) is 10.2 Å². The Balaban J connectivity index is 1.95. The summed E-state index contributed by atoms with van der Waals surface area (Å²) in [4.78, 5) is 27.5. The number of amides is 1. The minimum absolute atomic E-state index is 0.0288. The Bertz CT molecular complexity index is 1230. The number of carbonyl (C=O) groups excluding carboxylic acids is 2. The number of aliphatic hydroxyl groups is 1. The maximum Gasteiger partial charge on any atom is 0.301 e. The van der Waals surface area contributed by atoms with Crippen LogP contribution >= 0.6 is 11.3 Å². The average Bonchev–Trinajstić information content (AvgIpc) is 3.34. The Hall–Kier alpha value is -3.72. The number of carbonyl (C=O) groups is 2. The zero-order chi connectivity index (χ0) is 23.0. The molecule has 0 aliphatic carbocycles. The summed E-state index contributed by atoms with van der Waals surface area (Å²) in [5.74, 6) is -0.907. The molecule has 0 saturated carbocycles. The monoisotopic (exact) mass is 451 g/mol. The molecule has 0 bridgehead atoms. The van der Waals surface area contributed by atoms with E-state index in [1.165, 1.54) is 30.5 Å². The Morgan fingerprint density at radius 2 is 1.69 bits per heavy atom. The minimum Gasteiger partial charge on any atom is -0.507 e. The van der Waals surface area contributed by atoms with Gasteiger partial charge in [0.1, 0.15) is 10.8 Å². The molecule has 1 aliphatic heterocycles. The summed E-state index contributed by atoms with van der Waals surface area (Å²) in [6.45, 7) is 3.68. The van der Waals surface area contributed by atoms with Crippen LogP contribution in [0.2, 0.25) is 0 Å². The van der Waals surface area contributed by atoms with Crippen molar-refractivity contribution in [1.29, 1.82) is 0 Å². The molecule has 1 fully saturated rings. The number of rotatable bonds is 5. The maximum atomic E-state index is 13.1. The molecular weight excluding hydrogens is 430 g/mol. The molecule has 9 heteroatoms. The molecule has 8 nitrogen and oxygen atoms in total. The Labute approximate surface area is 188 Å². The van der Waals surface area contributed by atoms with Crippen molar-refractivity contribution in [3.8, 4) is 11.5 Å². The van der Waals surface area contributed by atoms with Crippen LogP contribution in [0, 0.1) is 13.8 Å². The lowest BCUT2D eigenvalue weighted by atomic mass is 9.95. The number of ketones is 1. The van der Waals surface area contributed by atoms with Crippen LogP contribution in [0.1, 0.15) is 27.7 Å². The number of nitrogens with zero attached hydrogens (tertiary/aromatic N) is 3. The van der Waals surface area contributed by atoms with E-state index < -0.39 is 17.7 Å². The largest absolute Gasteiger partial charge is 0.507 e. The van der Waals surface area contributed by atoms with E-state index in [-0.39, 0.29) is 16.5 Å². The molecule has 1 atom stereocenters. The third kappa shape index (κ3) is 3.60. The molecule has 1 saturated heterocycles. The summed E-state index contributed by atoms with van der Waals surface area (Å²) >= 11 is 1.19. The highest BCUT2D eigenvalue weighted by Gasteiger charge is 2.48. The zero-order valence-corrected chi connectivity index (χ0v) is 18.8. The van der Waals surface area contributed by atoms with E-state index in [4.69, 9.17) is 9.47 Å². The van der Waals surface area contributed by atoms with E-state index in [0.29, 0.717) is 27.6 Å². The molecule has 1 aromatic heterocycles. The van der Waals surface area contributed by atoms with Gasteiger partial charge in [-0.2, -0.15) is 0 Å². The molecule has 1 N–H and O–H groups in total. The van der Waals surface area contributed by atoms with Crippen molar-refractivity contribution < 1.29 is 24.2 Å². The van der Waals surface area contributed by atoms with Crippen LogP contribution in [0.5, 0.6) is 11.5 Å². The highest BCUT2D eigenvalue weighted by atomic mass is 32.1. The van der Waals surface area contributed by atoms with Crippen LogP contribution in [-0.2, 0) is 9.59 Å². The number of methoxy groups -OCH3 is 2. The van der Waals surface area contributed by atoms with Crippen molar-refractivity contribution in [2.45, 2.75) is 19.9 Å². The van der Waals surface area contributed by atoms with Crippen molar-refractivity contribution >= 4 is 33.9 Å². The van der Waals surface area contributed by atoms with E-state index in [2.05, 4.69) is 10.2 Å². The fraction of sp³-hybridized carbons (Fsp3) is 0.217. The molecule has 1 unspecified atom stereocenters. The molecule has 32 heavy (non-hydrogen) atoms. The lowest BCUT2D eigenvalue weighted by molar-refractivity contribution is -0.132. The normalized spacial score (nSPS) is 17.6. The molecule has 0 radical (unpaired) electrons. The number of aromatic nitrogens is 2. The third-order valence-corrected chi connectivity index (χ3v) is 6.05. The average molecular weight is 452 g/mol. The maximum absolute atomic E-state index is 13.1. The van der Waals surface area contributed by atoms with Gasteiger partial charge in [0, 0.05) is 5.56 Å². The number of anilines is 1. The van der Waals surface area contributed by atoms with Crippen LogP contribution in [0.4, 0.5) is 5.13 Å². The fourth-order valence-corrected chi connectivity index (χ4v) is 4.33. The van der Waals surface area contributed by atoms with Crippen molar-refractivity contribution in [3.63, 3.8) is 0 Å². The van der Waals surface area contributed by atoms with Crippen molar-refractivity contribution in [2.24, 2.45) is 0 Å². The third-order valence-electron chi connectivity index (χ3n) is 5.21. The SMILES string of the molecule is COc1ccc(C2C(=C(O)c3ccc(C)cc3)C(=O)C(=O)N2c2nnc(C)s2)cc1OC. The molecule has 2 aromatic carbocycles. The second-order valence-corrected chi connectivity index (χ2v) is 8.41. The predicted molar refractivity (Wildman–Crippen MR) is 120 cm³/mol. The van der Waals surface area contributed by atoms with Gasteiger partial charge in [-0.3, -0.25) is 14.5 Å². The quantitative estimate of drug-likeness (QED) is 0.358. The first kappa shape index (κ1) is 21.5. The molecule has 0 spiro atoms. The number of benzene rings is 2. The van der Waals surface area contributed by atoms with E-state index in [0.717, 1.165) is 5.56 Å². The van der Waals surface area contributed by atoms with Gasteiger partial charge >= 0.3 is 5.91 Å². The number of hydrogen-bond acceptors (Lipinski definition) is 8. The zero-order valence-electron chi connectivity index (χ0n) is 17.9. The van der Waals surface area contributed by atoms with Crippen LogP contribution in [0.3, 0.4) is 0 Å². The van der Waals surface area contributed by atoms with Gasteiger partial charge in [-0.05, 0) is 31.5 Å². The van der Waals surface area contributed by atoms with E-state index in [1.807, 2.05) is 19.1 Å². The number of aliphatic hydroxyl groups excluding tert-OH is 1. The van der Waals surface area contributed by atoms with Gasteiger partial charge in [0.05, 0.1) is 25.8 Å². The summed E-state index contributed by atoms with van der Waals surface area (Å²) in [6, 6.07) is 11.2. The van der Waals surface area contributed by atoms with E-state index in [1.54, 1.807) is 37.3 Å². The number of Topliss-reactive ketones (excluding diaryl/α,β-unsaturated/α-hetero) is 1. The highest BCUT2D eigenvalue weighted by molar-refractivity contribution is 7.15. The van der Waals surface area contributed by atoms with Crippen LogP contribution in [0.15, 0.2) is 48.0 Å². The summed E-state index contributed by atoms with van der Waals surface area (Å²) in [5.41, 5.74) is 1.97. The van der Waals surface area contributed by atoms with Crippen molar-refractivity contribution in [2.75, 3.05) is 19.1 Å². The van der Waals surface area contributed by atoms with Gasteiger partial charge in [-0.1, -0.05) is 47.2 Å². The topological polar surface area (TPSA) is 102 Å². The predicted octanol–water partition coefficient (Wildman–Crippen LogP) is 3.80. The van der Waals surface area contributed by atoms with Gasteiger partial charge in [0.25, 0.3) is 5.78 Å². The summed E-state index contributed by atoms with van der Waals surface area (Å²) < 4.78 is 10.7. The summed E-state index contributed by atoms with van der Waals surface area (Å²) in [7, 11) is 3.02. The van der Waals surface area contributed by atoms with E-state index in [9.17, 15) is 14.7 Å². The first-order valence-corrected chi connectivity index (χ1v) is 10.6. The van der Waals surface area contributed by atoms with Gasteiger partial charge < -0.3 is 14.6 Å². The molecule has 164 valence electrons. The highest BCUT2D eigenvalue weighted by Crippen LogP contribution is 2.44. The van der Waals surface area contributed by atoms with Crippen LogP contribution in [0.25, 0.3) is 5.76 Å². The number of aryl methyl sites for hydroxylation is 2.